The minimum absolute atomic E-state index is 0.00930. The third kappa shape index (κ3) is 6.69. The van der Waals surface area contributed by atoms with Gasteiger partial charge in [0.15, 0.2) is 41.3 Å². The van der Waals surface area contributed by atoms with Crippen molar-refractivity contribution in [2.75, 3.05) is 18.7 Å². The van der Waals surface area contributed by atoms with E-state index in [0.29, 0.717) is 0 Å². The molecule has 5 rings (SSSR count). The molecule has 1 aliphatic rings. The summed E-state index contributed by atoms with van der Waals surface area (Å²) in [6, 6.07) is 0. The fourth-order valence-corrected chi connectivity index (χ4v) is 5.76. The number of halogens is 2. The maximum absolute atomic E-state index is 15.6. The van der Waals surface area contributed by atoms with Crippen LogP contribution < -0.4 is 11.3 Å². The molecule has 6 N–H and O–H groups in total. The van der Waals surface area contributed by atoms with E-state index in [0.717, 1.165) is 30.5 Å². The van der Waals surface area contributed by atoms with Crippen LogP contribution in [0.3, 0.4) is 0 Å². The van der Waals surface area contributed by atoms with Crippen molar-refractivity contribution in [2.45, 2.75) is 50.4 Å². The lowest BCUT2D eigenvalue weighted by Gasteiger charge is -2.27. The fraction of sp³-hybridized carbons (Fsp3) is 0.500. The number of hydrogen-bond donors (Lipinski definition) is 5. The van der Waals surface area contributed by atoms with Crippen LogP contribution in [-0.2, 0) is 32.4 Å². The number of H-pyrrole nitrogens is 1. The quantitative estimate of drug-likeness (QED) is 0.0917. The second-order valence-corrected chi connectivity index (χ2v) is 11.7. The molecule has 4 aromatic rings. The van der Waals surface area contributed by atoms with Crippen molar-refractivity contribution in [1.82, 2.24) is 39.0 Å². The van der Waals surface area contributed by atoms with Crippen molar-refractivity contribution in [2.24, 2.45) is 0 Å². The highest BCUT2D eigenvalue weighted by Gasteiger charge is 2.49. The van der Waals surface area contributed by atoms with Crippen LogP contribution in [0.2, 0.25) is 0 Å². The minimum Gasteiger partial charge on any atom is -0.382 e. The third-order valence-corrected chi connectivity index (χ3v) is 7.81. The Balaban J connectivity index is 1.33. The number of nitrogens with zero attached hydrogens (tertiary/aromatic N) is 7. The zero-order valence-corrected chi connectivity index (χ0v) is 24.2. The highest BCUT2D eigenvalue weighted by atomic mass is 31.2. The highest BCUT2D eigenvalue weighted by molar-refractivity contribution is 7.47. The lowest BCUT2D eigenvalue weighted by molar-refractivity contribution is -0.246. The molecule has 240 valence electrons. The second kappa shape index (κ2) is 13.0. The summed E-state index contributed by atoms with van der Waals surface area (Å²) >= 11 is 0. The van der Waals surface area contributed by atoms with Gasteiger partial charge in [-0.25, -0.2) is 33.9 Å². The van der Waals surface area contributed by atoms with Crippen molar-refractivity contribution < 1.29 is 56.1 Å². The molecule has 5 heterocycles. The van der Waals surface area contributed by atoms with E-state index in [1.165, 1.54) is 10.9 Å². The number of alkyl halides is 2. The van der Waals surface area contributed by atoms with Gasteiger partial charge in [-0.15, -0.1) is 0 Å². The highest BCUT2D eigenvalue weighted by Crippen LogP contribution is 2.48. The monoisotopic (exact) mass is 667 g/mol. The first kappa shape index (κ1) is 32.1. The van der Waals surface area contributed by atoms with Gasteiger partial charge in [-0.2, -0.15) is 4.39 Å². The number of aromatic nitrogens is 8. The van der Waals surface area contributed by atoms with E-state index in [2.05, 4.69) is 29.9 Å². The van der Waals surface area contributed by atoms with Gasteiger partial charge in [0, 0.05) is 0 Å². The SMILES string of the molecule is CC(OP(=O)(O)OC[C@H]1O[C@@H](n2cnc3c(N)ncnc32)C(F)C1OC[PH](=O)O)[C@@H](OC(O)F)n1cnc2c(=O)[nH]cnc21. The van der Waals surface area contributed by atoms with Gasteiger partial charge in [-0.1, -0.05) is 0 Å². The Labute approximate surface area is 244 Å². The summed E-state index contributed by atoms with van der Waals surface area (Å²) in [4.78, 5) is 53.6. The first-order valence-corrected chi connectivity index (χ1v) is 15.5. The number of phosphoric acid groups is 1. The van der Waals surface area contributed by atoms with Crippen LogP contribution in [-0.4, -0.2) is 97.9 Å². The molecule has 9 atom stereocenters. The van der Waals surface area contributed by atoms with Crippen molar-refractivity contribution in [3.8, 4) is 0 Å². The number of ether oxygens (including phenoxy) is 3. The van der Waals surface area contributed by atoms with Crippen LogP contribution in [0.25, 0.3) is 22.3 Å². The molecule has 1 fully saturated rings. The van der Waals surface area contributed by atoms with Gasteiger partial charge in [0.2, 0.25) is 8.03 Å². The molecular weight excluding hydrogens is 642 g/mol. The van der Waals surface area contributed by atoms with Crippen LogP contribution in [0.4, 0.5) is 14.6 Å². The Morgan fingerprint density at radius 3 is 2.70 bits per heavy atom. The van der Waals surface area contributed by atoms with Crippen molar-refractivity contribution in [3.63, 3.8) is 0 Å². The predicted octanol–water partition coefficient (Wildman–Crippen LogP) is -0.130. The molecule has 4 aromatic heterocycles. The zero-order valence-electron chi connectivity index (χ0n) is 22.3. The second-order valence-electron chi connectivity index (χ2n) is 9.21. The van der Waals surface area contributed by atoms with E-state index in [1.807, 2.05) is 0 Å². The van der Waals surface area contributed by atoms with Gasteiger partial charge < -0.3 is 35.1 Å². The Kier molecular flexibility index (Phi) is 9.47. The fourth-order valence-electron chi connectivity index (χ4n) is 4.50. The molecule has 0 radical (unpaired) electrons. The molecule has 6 unspecified atom stereocenters. The molecule has 1 aliphatic heterocycles. The van der Waals surface area contributed by atoms with Gasteiger partial charge in [-0.3, -0.25) is 32.3 Å². The van der Waals surface area contributed by atoms with E-state index < -0.39 is 77.8 Å². The molecule has 0 spiro atoms. The van der Waals surface area contributed by atoms with E-state index in [4.69, 9.17) is 29.0 Å². The maximum Gasteiger partial charge on any atom is 0.472 e. The normalized spacial score (nSPS) is 24.8. The van der Waals surface area contributed by atoms with Crippen molar-refractivity contribution in [3.05, 3.63) is 35.7 Å². The van der Waals surface area contributed by atoms with Gasteiger partial charge in [0.05, 0.1) is 25.6 Å². The van der Waals surface area contributed by atoms with Gasteiger partial charge in [0.25, 0.3) is 5.56 Å². The standard InChI is InChI=1S/C20H25F2N9O11P2/c1-8(18(41-20(22)33)30-6-29-12-16(30)26-4-27-17(12)32)42-44(36,37)39-2-9-13(38-7-43(34)35)10(21)19(40-9)31-5-28-11-14(23)24-3-25-15(11)31/h3-6,8-10,13,18-20,33,43H,2,7H2,1H3,(H,34,35)(H,36,37)(H2,23,24,25)(H,26,27,32)/t8?,9-,10?,13?,18-,19-,20?/m1/s1. The Bertz CT molecular complexity index is 1760. The average molecular weight is 667 g/mol. The van der Waals surface area contributed by atoms with Crippen molar-refractivity contribution in [1.29, 1.82) is 0 Å². The van der Waals surface area contributed by atoms with Gasteiger partial charge in [0.1, 0.15) is 36.5 Å². The smallest absolute Gasteiger partial charge is 0.382 e. The summed E-state index contributed by atoms with van der Waals surface area (Å²) in [7, 11) is -8.32. The number of aromatic amines is 1. The van der Waals surface area contributed by atoms with Crippen LogP contribution in [0.15, 0.2) is 30.1 Å². The summed E-state index contributed by atoms with van der Waals surface area (Å²) in [5.74, 6) is 0.00930. The summed E-state index contributed by atoms with van der Waals surface area (Å²) in [6.07, 6.45) is -6.25. The molecular formula is C20H25F2N9O11P2. The lowest BCUT2D eigenvalue weighted by Crippen LogP contribution is -2.34. The number of phosphoric ester groups is 1. The van der Waals surface area contributed by atoms with Gasteiger partial charge in [-0.05, 0) is 6.92 Å². The molecule has 0 aromatic carbocycles. The van der Waals surface area contributed by atoms with Crippen LogP contribution in [0, 0.1) is 0 Å². The number of imidazole rings is 2. The molecule has 0 bridgehead atoms. The zero-order chi connectivity index (χ0) is 31.8. The number of aliphatic hydroxyl groups is 1. The number of nitrogens with two attached hydrogens (primary N) is 1. The Morgan fingerprint density at radius 1 is 1.23 bits per heavy atom. The first-order valence-electron chi connectivity index (χ1n) is 12.5. The lowest BCUT2D eigenvalue weighted by atomic mass is 10.1. The molecule has 0 amide bonds. The topological polar surface area (TPSA) is 274 Å². The number of nitrogens with one attached hydrogen (secondary N) is 1. The van der Waals surface area contributed by atoms with E-state index in [9.17, 15) is 33.2 Å². The Hall–Kier alpha value is -3.30. The minimum atomic E-state index is -5.11. The summed E-state index contributed by atoms with van der Waals surface area (Å²) in [6.45, 7) is -2.59. The molecule has 44 heavy (non-hydrogen) atoms. The van der Waals surface area contributed by atoms with E-state index in [-0.39, 0.29) is 28.1 Å². The van der Waals surface area contributed by atoms with Crippen LogP contribution in [0.5, 0.6) is 0 Å². The van der Waals surface area contributed by atoms with E-state index >= 15 is 4.39 Å². The third-order valence-electron chi connectivity index (χ3n) is 6.32. The number of hydrogen-bond acceptors (Lipinski definition) is 15. The average Bonchev–Trinajstić information content (AvgIpc) is 3.65. The molecule has 24 heteroatoms. The van der Waals surface area contributed by atoms with Crippen LogP contribution in [0.1, 0.15) is 19.4 Å². The number of nitrogen functional groups attached to an aromatic ring is 1. The van der Waals surface area contributed by atoms with Crippen LogP contribution >= 0.6 is 15.9 Å². The summed E-state index contributed by atoms with van der Waals surface area (Å²) in [5, 5.41) is 9.22. The van der Waals surface area contributed by atoms with Crippen molar-refractivity contribution >= 4 is 44.0 Å². The molecule has 0 saturated carbocycles. The Morgan fingerprint density at radius 2 is 1.98 bits per heavy atom. The first-order chi connectivity index (χ1) is 20.9. The molecule has 1 saturated heterocycles. The number of fused-ring (bicyclic) bond motifs is 2. The summed E-state index contributed by atoms with van der Waals surface area (Å²) < 4.78 is 81.4. The number of anilines is 1. The largest absolute Gasteiger partial charge is 0.472 e. The molecule has 20 nitrogen and oxygen atoms in total. The number of aliphatic hydroxyl groups excluding tert-OH is 1. The van der Waals surface area contributed by atoms with E-state index in [1.54, 1.807) is 0 Å². The molecule has 0 aliphatic carbocycles. The van der Waals surface area contributed by atoms with Gasteiger partial charge >= 0.3 is 14.4 Å². The predicted molar refractivity (Wildman–Crippen MR) is 141 cm³/mol. The summed E-state index contributed by atoms with van der Waals surface area (Å²) in [5.41, 5.74) is 5.05. The number of rotatable bonds is 13. The maximum atomic E-state index is 15.6.